The minimum Gasteiger partial charge on any atom is -0.486 e. The minimum atomic E-state index is -0.305. The average molecular weight is 308 g/mol. The first kappa shape index (κ1) is 14.9. The number of carbonyl (C=O) groups excluding carboxylic acids is 1. The molecule has 4 heteroatoms. The molecule has 0 aliphatic carbocycles. The van der Waals surface area contributed by atoms with Crippen LogP contribution >= 0.6 is 11.6 Å². The summed E-state index contributed by atoms with van der Waals surface area (Å²) in [5, 5.41) is 0.594. The Kier molecular flexibility index (Phi) is 4.23. The Morgan fingerprint density at radius 2 is 2.19 bits per heavy atom. The lowest BCUT2D eigenvalue weighted by molar-refractivity contribution is 0.0300. The summed E-state index contributed by atoms with van der Waals surface area (Å²) in [6.07, 6.45) is 4.65. The van der Waals surface area contributed by atoms with Crippen LogP contribution in [-0.4, -0.2) is 35.9 Å². The smallest absolute Gasteiger partial charge is 0.170 e. The van der Waals surface area contributed by atoms with Crippen LogP contribution in [0.4, 0.5) is 0 Å². The molecule has 21 heavy (non-hydrogen) atoms. The van der Waals surface area contributed by atoms with E-state index in [1.165, 1.54) is 6.42 Å². The third kappa shape index (κ3) is 3.09. The van der Waals surface area contributed by atoms with Crippen LogP contribution in [0, 0.1) is 0 Å². The Hall–Kier alpha value is -1.06. The van der Waals surface area contributed by atoms with Gasteiger partial charge in [0.25, 0.3) is 0 Å². The molecule has 3 nitrogen and oxygen atoms in total. The number of rotatable bonds is 2. The topological polar surface area (TPSA) is 29.5 Å². The van der Waals surface area contributed by atoms with E-state index in [1.807, 2.05) is 6.07 Å². The zero-order chi connectivity index (χ0) is 14.9. The molecule has 1 unspecified atom stereocenters. The fourth-order valence-corrected chi connectivity index (χ4v) is 3.68. The van der Waals surface area contributed by atoms with Crippen molar-refractivity contribution in [2.45, 2.75) is 44.6 Å². The van der Waals surface area contributed by atoms with Crippen LogP contribution in [0.3, 0.4) is 0 Å². The lowest BCUT2D eigenvalue weighted by atomic mass is 9.84. The highest BCUT2D eigenvalue weighted by Gasteiger charge is 2.41. The maximum absolute atomic E-state index is 12.5. The Labute approximate surface area is 131 Å². The predicted octanol–water partition coefficient (Wildman–Crippen LogP) is 3.94. The largest absolute Gasteiger partial charge is 0.486 e. The highest BCUT2D eigenvalue weighted by molar-refractivity contribution is 6.31. The number of likely N-dealkylation sites (tertiary alicyclic amines) is 1. The van der Waals surface area contributed by atoms with Crippen LogP contribution in [0.5, 0.6) is 5.75 Å². The third-order valence-electron chi connectivity index (χ3n) is 4.58. The van der Waals surface area contributed by atoms with E-state index in [-0.39, 0.29) is 11.4 Å². The lowest BCUT2D eigenvalue weighted by Crippen LogP contribution is -2.42. The van der Waals surface area contributed by atoms with Crippen LogP contribution < -0.4 is 4.74 Å². The van der Waals surface area contributed by atoms with Crippen LogP contribution in [-0.2, 0) is 0 Å². The number of ketones is 1. The zero-order valence-electron chi connectivity index (χ0n) is 12.5. The second-order valence-electron chi connectivity index (χ2n) is 6.22. The molecule has 1 fully saturated rings. The maximum atomic E-state index is 12.5. The number of Topliss-reactive ketones (excluding diaryl/α,β-unsaturated/α-hetero) is 1. The number of benzene rings is 1. The molecule has 1 saturated heterocycles. The van der Waals surface area contributed by atoms with Gasteiger partial charge >= 0.3 is 0 Å². The molecule has 114 valence electrons. The van der Waals surface area contributed by atoms with Gasteiger partial charge in [0.2, 0.25) is 0 Å². The van der Waals surface area contributed by atoms with Gasteiger partial charge < -0.3 is 9.64 Å². The predicted molar refractivity (Wildman–Crippen MR) is 84.3 cm³/mol. The van der Waals surface area contributed by atoms with Crippen molar-refractivity contribution in [3.63, 3.8) is 0 Å². The van der Waals surface area contributed by atoms with Gasteiger partial charge in [-0.3, -0.25) is 4.79 Å². The van der Waals surface area contributed by atoms with Gasteiger partial charge in [0.05, 0.1) is 12.0 Å². The van der Waals surface area contributed by atoms with E-state index in [1.54, 1.807) is 12.1 Å². The molecule has 0 saturated carbocycles. The summed E-state index contributed by atoms with van der Waals surface area (Å²) in [7, 11) is 0. The van der Waals surface area contributed by atoms with Crippen molar-refractivity contribution in [3.05, 3.63) is 28.8 Å². The van der Waals surface area contributed by atoms with Crippen molar-refractivity contribution < 1.29 is 9.53 Å². The fraction of sp³-hybridized carbons (Fsp3) is 0.588. The molecule has 0 N–H and O–H groups in total. The van der Waals surface area contributed by atoms with Crippen molar-refractivity contribution in [2.75, 3.05) is 19.6 Å². The normalized spacial score (nSPS) is 26.3. The molecule has 2 aliphatic rings. The Morgan fingerprint density at radius 1 is 1.33 bits per heavy atom. The van der Waals surface area contributed by atoms with Gasteiger partial charge in [-0.25, -0.2) is 0 Å². The first-order chi connectivity index (χ1) is 10.1. The Balaban J connectivity index is 1.81. The number of ether oxygens (including phenoxy) is 1. The zero-order valence-corrected chi connectivity index (χ0v) is 13.3. The molecule has 3 rings (SSSR count). The van der Waals surface area contributed by atoms with Crippen molar-refractivity contribution in [1.82, 2.24) is 4.90 Å². The van der Waals surface area contributed by atoms with Crippen LogP contribution in [0.2, 0.25) is 5.02 Å². The number of halogens is 1. The van der Waals surface area contributed by atoms with Gasteiger partial charge in [-0.2, -0.15) is 0 Å². The van der Waals surface area contributed by atoms with Crippen LogP contribution in [0.15, 0.2) is 18.2 Å². The number of hydrogen-bond donors (Lipinski definition) is 0. The van der Waals surface area contributed by atoms with Gasteiger partial charge in [-0.05, 0) is 50.6 Å². The first-order valence-corrected chi connectivity index (χ1v) is 8.24. The van der Waals surface area contributed by atoms with Crippen molar-refractivity contribution >= 4 is 17.4 Å². The van der Waals surface area contributed by atoms with Crippen LogP contribution in [0.25, 0.3) is 0 Å². The summed E-state index contributed by atoms with van der Waals surface area (Å²) in [5.41, 5.74) is 0.336. The van der Waals surface area contributed by atoms with Crippen molar-refractivity contribution in [3.8, 4) is 5.75 Å². The van der Waals surface area contributed by atoms with E-state index in [0.29, 0.717) is 22.8 Å². The molecule has 0 aromatic heterocycles. The molecule has 2 heterocycles. The number of carbonyl (C=O) groups is 1. The molecule has 1 spiro atoms. The van der Waals surface area contributed by atoms with E-state index < -0.39 is 0 Å². The summed E-state index contributed by atoms with van der Waals surface area (Å²) in [6, 6.07) is 5.37. The van der Waals surface area contributed by atoms with Gasteiger partial charge in [0, 0.05) is 18.0 Å². The SMILES string of the molecule is CCCN1CCCC2(CC1)CC(=O)c1cc(Cl)ccc1O2. The summed E-state index contributed by atoms with van der Waals surface area (Å²) < 4.78 is 6.29. The van der Waals surface area contributed by atoms with Gasteiger partial charge in [0.15, 0.2) is 5.78 Å². The number of nitrogens with zero attached hydrogens (tertiary/aromatic N) is 1. The summed E-state index contributed by atoms with van der Waals surface area (Å²) >= 11 is 5.98. The van der Waals surface area contributed by atoms with Crippen molar-refractivity contribution in [1.29, 1.82) is 0 Å². The second-order valence-corrected chi connectivity index (χ2v) is 6.66. The van der Waals surface area contributed by atoms with Gasteiger partial charge in [0.1, 0.15) is 11.4 Å². The summed E-state index contributed by atoms with van der Waals surface area (Å²) in [5.74, 6) is 0.877. The van der Waals surface area contributed by atoms with E-state index in [4.69, 9.17) is 16.3 Å². The maximum Gasteiger partial charge on any atom is 0.170 e. The lowest BCUT2D eigenvalue weighted by Gasteiger charge is -2.37. The highest BCUT2D eigenvalue weighted by Crippen LogP contribution is 2.40. The fourth-order valence-electron chi connectivity index (χ4n) is 3.51. The molecule has 0 bridgehead atoms. The van der Waals surface area contributed by atoms with Crippen molar-refractivity contribution in [2.24, 2.45) is 0 Å². The van der Waals surface area contributed by atoms with E-state index in [2.05, 4.69) is 11.8 Å². The van der Waals surface area contributed by atoms with E-state index in [9.17, 15) is 4.79 Å². The standard InChI is InChI=1S/C17H22ClNO2/c1-2-8-19-9-3-6-17(7-10-19)12-15(20)14-11-13(18)4-5-16(14)21-17/h4-5,11H,2-3,6-10,12H2,1H3. The molecule has 1 atom stereocenters. The van der Waals surface area contributed by atoms with Gasteiger partial charge in [-0.1, -0.05) is 18.5 Å². The van der Waals surface area contributed by atoms with Gasteiger partial charge in [-0.15, -0.1) is 0 Å². The summed E-state index contributed by atoms with van der Waals surface area (Å²) in [4.78, 5) is 15.0. The minimum absolute atomic E-state index is 0.169. The molecular weight excluding hydrogens is 286 g/mol. The van der Waals surface area contributed by atoms with E-state index >= 15 is 0 Å². The monoisotopic (exact) mass is 307 g/mol. The second kappa shape index (κ2) is 5.98. The number of hydrogen-bond acceptors (Lipinski definition) is 3. The molecule has 0 radical (unpaired) electrons. The summed E-state index contributed by atoms with van der Waals surface area (Å²) in [6.45, 7) is 5.47. The van der Waals surface area contributed by atoms with E-state index in [0.717, 1.165) is 38.9 Å². The average Bonchev–Trinajstić information content (AvgIpc) is 2.64. The third-order valence-corrected chi connectivity index (χ3v) is 4.82. The van der Waals surface area contributed by atoms with Crippen LogP contribution in [0.1, 0.15) is 49.4 Å². The first-order valence-electron chi connectivity index (χ1n) is 7.86. The highest BCUT2D eigenvalue weighted by atomic mass is 35.5. The molecule has 2 aliphatic heterocycles. The molecule has 1 aromatic carbocycles. The molecule has 0 amide bonds. The number of fused-ring (bicyclic) bond motifs is 1. The quantitative estimate of drug-likeness (QED) is 0.829. The Bertz CT molecular complexity index is 546. The molecule has 1 aromatic rings. The Morgan fingerprint density at radius 3 is 3.00 bits per heavy atom. The molecular formula is C17H22ClNO2.